The van der Waals surface area contributed by atoms with Crippen molar-refractivity contribution in [2.75, 3.05) is 13.1 Å². The highest BCUT2D eigenvalue weighted by Crippen LogP contribution is 2.28. The molecule has 0 aliphatic carbocycles. The van der Waals surface area contributed by atoms with E-state index in [0.717, 1.165) is 50.2 Å². The van der Waals surface area contributed by atoms with Gasteiger partial charge in [-0.05, 0) is 37.8 Å². The molecule has 22 heavy (non-hydrogen) atoms. The van der Waals surface area contributed by atoms with E-state index in [1.54, 1.807) is 0 Å². The maximum atomic E-state index is 12.5. The highest BCUT2D eigenvalue weighted by molar-refractivity contribution is 5.78. The molecular formula is C17H24N4O. The molecule has 1 aliphatic heterocycles. The quantitative estimate of drug-likeness (QED) is 0.872. The van der Waals surface area contributed by atoms with Gasteiger partial charge in [-0.2, -0.15) is 0 Å². The number of carbonyl (C=O) groups excluding carboxylic acids is 1. The molecule has 0 aromatic carbocycles. The van der Waals surface area contributed by atoms with Crippen LogP contribution in [0, 0.1) is 5.92 Å². The maximum absolute atomic E-state index is 12.5. The third-order valence-electron chi connectivity index (χ3n) is 4.85. The molecule has 118 valence electrons. The highest BCUT2D eigenvalue weighted by Gasteiger charge is 2.29. The Balaban J connectivity index is 1.68. The van der Waals surface area contributed by atoms with Crippen LogP contribution in [-0.2, 0) is 4.79 Å². The molecule has 2 aromatic rings. The Hall–Kier alpha value is -1.91. The Morgan fingerprint density at radius 3 is 2.64 bits per heavy atom. The molecule has 0 unspecified atom stereocenters. The molecule has 0 radical (unpaired) electrons. The summed E-state index contributed by atoms with van der Waals surface area (Å²) in [5.74, 6) is 1.94. The molecule has 3 heterocycles. The first-order chi connectivity index (χ1) is 10.7. The first-order valence-corrected chi connectivity index (χ1v) is 8.33. The Morgan fingerprint density at radius 2 is 1.95 bits per heavy atom. The largest absolute Gasteiger partial charge is 0.342 e. The van der Waals surface area contributed by atoms with Gasteiger partial charge in [-0.1, -0.05) is 19.9 Å². The minimum Gasteiger partial charge on any atom is -0.342 e. The molecule has 2 aromatic heterocycles. The van der Waals surface area contributed by atoms with Crippen LogP contribution >= 0.6 is 0 Å². The zero-order chi connectivity index (χ0) is 15.5. The average Bonchev–Trinajstić information content (AvgIpc) is 3.00. The summed E-state index contributed by atoms with van der Waals surface area (Å²) in [6.45, 7) is 5.87. The number of piperidine rings is 1. The number of hydrogen-bond acceptors (Lipinski definition) is 3. The number of amides is 1. The van der Waals surface area contributed by atoms with E-state index in [0.29, 0.717) is 11.8 Å². The molecule has 0 spiro atoms. The summed E-state index contributed by atoms with van der Waals surface area (Å²) in [7, 11) is 0. The number of carbonyl (C=O) groups is 1. The van der Waals surface area contributed by atoms with Gasteiger partial charge in [0.2, 0.25) is 5.91 Å². The summed E-state index contributed by atoms with van der Waals surface area (Å²) < 4.78 is 2.07. The molecule has 1 fully saturated rings. The molecule has 1 aliphatic rings. The molecule has 5 heteroatoms. The van der Waals surface area contributed by atoms with E-state index >= 15 is 0 Å². The van der Waals surface area contributed by atoms with Crippen LogP contribution in [0.5, 0.6) is 0 Å². The Labute approximate surface area is 131 Å². The van der Waals surface area contributed by atoms with Gasteiger partial charge in [-0.3, -0.25) is 9.20 Å². The predicted molar refractivity (Wildman–Crippen MR) is 85.6 cm³/mol. The summed E-state index contributed by atoms with van der Waals surface area (Å²) in [4.78, 5) is 14.5. The molecule has 3 rings (SSSR count). The van der Waals surface area contributed by atoms with Crippen molar-refractivity contribution in [3.63, 3.8) is 0 Å². The minimum absolute atomic E-state index is 0.186. The van der Waals surface area contributed by atoms with E-state index < -0.39 is 0 Å². The fourth-order valence-corrected chi connectivity index (χ4v) is 3.39. The van der Waals surface area contributed by atoms with Crippen molar-refractivity contribution >= 4 is 11.6 Å². The first-order valence-electron chi connectivity index (χ1n) is 8.33. The lowest BCUT2D eigenvalue weighted by Gasteiger charge is -2.33. The smallest absolute Gasteiger partial charge is 0.225 e. The lowest BCUT2D eigenvalue weighted by Crippen LogP contribution is -2.41. The van der Waals surface area contributed by atoms with E-state index in [1.165, 1.54) is 0 Å². The zero-order valence-electron chi connectivity index (χ0n) is 13.4. The SMILES string of the molecule is CCC(CC)C(=O)N1CCC(c2nnc3ccccn23)CC1. The molecule has 0 bridgehead atoms. The van der Waals surface area contributed by atoms with E-state index in [-0.39, 0.29) is 5.92 Å². The van der Waals surface area contributed by atoms with E-state index in [2.05, 4.69) is 28.4 Å². The topological polar surface area (TPSA) is 50.5 Å². The highest BCUT2D eigenvalue weighted by atomic mass is 16.2. The fraction of sp³-hybridized carbons (Fsp3) is 0.588. The van der Waals surface area contributed by atoms with Crippen molar-refractivity contribution in [3.05, 3.63) is 30.2 Å². The summed E-state index contributed by atoms with van der Waals surface area (Å²) in [5, 5.41) is 8.60. The van der Waals surface area contributed by atoms with Crippen LogP contribution in [0.3, 0.4) is 0 Å². The van der Waals surface area contributed by atoms with Crippen LogP contribution in [0.1, 0.15) is 51.3 Å². The van der Waals surface area contributed by atoms with Crippen LogP contribution in [0.15, 0.2) is 24.4 Å². The van der Waals surface area contributed by atoms with E-state index in [4.69, 9.17) is 0 Å². The number of fused-ring (bicyclic) bond motifs is 1. The monoisotopic (exact) mass is 300 g/mol. The lowest BCUT2D eigenvalue weighted by atomic mass is 9.94. The number of aromatic nitrogens is 3. The van der Waals surface area contributed by atoms with Gasteiger partial charge in [-0.15, -0.1) is 10.2 Å². The minimum atomic E-state index is 0.186. The lowest BCUT2D eigenvalue weighted by molar-refractivity contribution is -0.136. The third-order valence-corrected chi connectivity index (χ3v) is 4.85. The number of hydrogen-bond donors (Lipinski definition) is 0. The Morgan fingerprint density at radius 1 is 1.23 bits per heavy atom. The molecule has 0 saturated carbocycles. The zero-order valence-corrected chi connectivity index (χ0v) is 13.4. The van der Waals surface area contributed by atoms with Crippen molar-refractivity contribution in [1.82, 2.24) is 19.5 Å². The molecule has 1 amide bonds. The summed E-state index contributed by atoms with van der Waals surface area (Å²) in [6.07, 6.45) is 5.84. The number of pyridine rings is 1. The van der Waals surface area contributed by atoms with Gasteiger partial charge in [0.05, 0.1) is 0 Å². The number of nitrogens with zero attached hydrogens (tertiary/aromatic N) is 4. The molecule has 1 saturated heterocycles. The first kappa shape index (κ1) is 15.0. The van der Waals surface area contributed by atoms with Gasteiger partial charge in [0.1, 0.15) is 5.82 Å². The molecule has 0 N–H and O–H groups in total. The van der Waals surface area contributed by atoms with Crippen LogP contribution in [0.2, 0.25) is 0 Å². The van der Waals surface area contributed by atoms with Gasteiger partial charge < -0.3 is 4.90 Å². The second-order valence-electron chi connectivity index (χ2n) is 6.10. The predicted octanol–water partition coefficient (Wildman–Crippen LogP) is 2.87. The van der Waals surface area contributed by atoms with Crippen molar-refractivity contribution < 1.29 is 4.79 Å². The van der Waals surface area contributed by atoms with Gasteiger partial charge in [0.25, 0.3) is 0 Å². The van der Waals surface area contributed by atoms with Crippen LogP contribution < -0.4 is 0 Å². The summed E-state index contributed by atoms with van der Waals surface area (Å²) >= 11 is 0. The van der Waals surface area contributed by atoms with Crippen molar-refractivity contribution in [2.45, 2.75) is 45.4 Å². The Kier molecular flexibility index (Phi) is 4.41. The van der Waals surface area contributed by atoms with Crippen molar-refractivity contribution in [1.29, 1.82) is 0 Å². The van der Waals surface area contributed by atoms with Crippen LogP contribution in [0.25, 0.3) is 5.65 Å². The second kappa shape index (κ2) is 6.46. The van der Waals surface area contributed by atoms with Crippen molar-refractivity contribution in [2.24, 2.45) is 5.92 Å². The van der Waals surface area contributed by atoms with E-state index in [9.17, 15) is 4.79 Å². The molecule has 0 atom stereocenters. The number of rotatable bonds is 4. The van der Waals surface area contributed by atoms with Crippen LogP contribution in [0.4, 0.5) is 0 Å². The van der Waals surface area contributed by atoms with Gasteiger partial charge in [-0.25, -0.2) is 0 Å². The standard InChI is InChI=1S/C17H24N4O/c1-3-13(4-2)17(22)20-11-8-14(9-12-20)16-19-18-15-7-5-6-10-21(15)16/h5-7,10,13-14H,3-4,8-9,11-12H2,1-2H3. The normalized spacial score (nSPS) is 16.6. The fourth-order valence-electron chi connectivity index (χ4n) is 3.39. The van der Waals surface area contributed by atoms with Gasteiger partial charge in [0.15, 0.2) is 5.65 Å². The number of likely N-dealkylation sites (tertiary alicyclic amines) is 1. The van der Waals surface area contributed by atoms with E-state index in [1.807, 2.05) is 29.3 Å². The van der Waals surface area contributed by atoms with Gasteiger partial charge in [0, 0.05) is 31.1 Å². The average molecular weight is 300 g/mol. The third kappa shape index (κ3) is 2.72. The molecular weight excluding hydrogens is 276 g/mol. The maximum Gasteiger partial charge on any atom is 0.225 e. The van der Waals surface area contributed by atoms with Crippen LogP contribution in [-0.4, -0.2) is 38.5 Å². The van der Waals surface area contributed by atoms with Gasteiger partial charge >= 0.3 is 0 Å². The summed E-state index contributed by atoms with van der Waals surface area (Å²) in [6, 6.07) is 5.96. The van der Waals surface area contributed by atoms with Crippen molar-refractivity contribution in [3.8, 4) is 0 Å². The summed E-state index contributed by atoms with van der Waals surface area (Å²) in [5.41, 5.74) is 0.896. The second-order valence-corrected chi connectivity index (χ2v) is 6.10. The Bertz CT molecular complexity index is 639. The molecule has 5 nitrogen and oxygen atoms in total.